The van der Waals surface area contributed by atoms with Crippen molar-refractivity contribution in [3.05, 3.63) is 22.8 Å². The van der Waals surface area contributed by atoms with E-state index in [-0.39, 0.29) is 11.9 Å². The quantitative estimate of drug-likeness (QED) is 0.806. The largest absolute Gasteiger partial charge is 0.369 e. The summed E-state index contributed by atoms with van der Waals surface area (Å²) in [4.78, 5) is 16.3. The van der Waals surface area contributed by atoms with Crippen molar-refractivity contribution in [1.29, 1.82) is 0 Å². The van der Waals surface area contributed by atoms with Crippen molar-refractivity contribution in [3.63, 3.8) is 0 Å². The second-order valence-electron chi connectivity index (χ2n) is 5.49. The van der Waals surface area contributed by atoms with Crippen molar-refractivity contribution in [2.45, 2.75) is 46.6 Å². The van der Waals surface area contributed by atoms with Crippen molar-refractivity contribution < 1.29 is 4.79 Å². The van der Waals surface area contributed by atoms with E-state index in [2.05, 4.69) is 36.4 Å². The Labute approximate surface area is 126 Å². The number of nitrogens with one attached hydrogen (secondary N) is 2. The van der Waals surface area contributed by atoms with Gasteiger partial charge in [0.1, 0.15) is 5.82 Å². The fraction of sp³-hybridized carbons (Fsp3) is 0.600. The molecule has 0 radical (unpaired) electrons. The molecule has 0 bridgehead atoms. The van der Waals surface area contributed by atoms with Crippen LogP contribution in [0.15, 0.2) is 12.3 Å². The number of carbonyl (C=O) groups excluding carboxylic acids is 1. The molecule has 2 N–H and O–H groups in total. The van der Waals surface area contributed by atoms with Crippen LogP contribution in [0.25, 0.3) is 0 Å². The number of pyridine rings is 1. The Kier molecular flexibility index (Phi) is 6.79. The van der Waals surface area contributed by atoms with Gasteiger partial charge in [-0.15, -0.1) is 0 Å². The molecule has 0 aliphatic carbocycles. The summed E-state index contributed by atoms with van der Waals surface area (Å²) in [7, 11) is 0. The van der Waals surface area contributed by atoms with Gasteiger partial charge in [0.05, 0.1) is 10.6 Å². The van der Waals surface area contributed by atoms with Crippen molar-refractivity contribution in [2.24, 2.45) is 5.92 Å². The Morgan fingerprint density at radius 2 is 2.10 bits per heavy atom. The minimum Gasteiger partial charge on any atom is -0.369 e. The van der Waals surface area contributed by atoms with Crippen LogP contribution in [-0.2, 0) is 0 Å². The first-order valence-corrected chi connectivity index (χ1v) is 7.52. The Hall–Kier alpha value is -1.29. The van der Waals surface area contributed by atoms with Gasteiger partial charge in [-0.3, -0.25) is 4.79 Å². The van der Waals surface area contributed by atoms with Gasteiger partial charge in [-0.25, -0.2) is 4.98 Å². The number of hydrogen-bond acceptors (Lipinski definition) is 3. The fourth-order valence-corrected chi connectivity index (χ4v) is 2.24. The van der Waals surface area contributed by atoms with E-state index in [0.29, 0.717) is 22.3 Å². The topological polar surface area (TPSA) is 54.0 Å². The molecule has 1 rings (SSSR count). The average Bonchev–Trinajstić information content (AvgIpc) is 2.36. The summed E-state index contributed by atoms with van der Waals surface area (Å²) in [6, 6.07) is 1.79. The second kappa shape index (κ2) is 8.10. The van der Waals surface area contributed by atoms with Gasteiger partial charge in [-0.05, 0) is 31.7 Å². The maximum Gasteiger partial charge on any atom is 0.253 e. The summed E-state index contributed by atoms with van der Waals surface area (Å²) in [6.07, 6.45) is 3.50. The summed E-state index contributed by atoms with van der Waals surface area (Å²) in [5, 5.41) is 6.55. The molecule has 1 unspecified atom stereocenters. The lowest BCUT2D eigenvalue weighted by molar-refractivity contribution is 0.0936. The zero-order valence-corrected chi connectivity index (χ0v) is 13.4. The third-order valence-corrected chi connectivity index (χ3v) is 3.14. The zero-order chi connectivity index (χ0) is 15.1. The number of hydrogen-bond donors (Lipinski definition) is 2. The van der Waals surface area contributed by atoms with Crippen LogP contribution in [0.3, 0.4) is 0 Å². The van der Waals surface area contributed by atoms with Gasteiger partial charge in [-0.2, -0.15) is 0 Å². The molecule has 0 spiro atoms. The van der Waals surface area contributed by atoms with Crippen molar-refractivity contribution >= 4 is 23.3 Å². The minimum absolute atomic E-state index is 0.130. The predicted molar refractivity (Wildman–Crippen MR) is 84.4 cm³/mol. The molecule has 1 atom stereocenters. The lowest BCUT2D eigenvalue weighted by Gasteiger charge is -2.16. The molecule has 0 saturated heterocycles. The van der Waals surface area contributed by atoms with E-state index in [0.717, 1.165) is 19.4 Å². The highest BCUT2D eigenvalue weighted by atomic mass is 35.5. The van der Waals surface area contributed by atoms with E-state index in [9.17, 15) is 4.79 Å². The Morgan fingerprint density at radius 1 is 1.40 bits per heavy atom. The van der Waals surface area contributed by atoms with E-state index in [1.807, 2.05) is 6.92 Å². The fourth-order valence-electron chi connectivity index (χ4n) is 2.01. The Balaban J connectivity index is 2.67. The van der Waals surface area contributed by atoms with Crippen LogP contribution in [0.1, 0.15) is 50.9 Å². The van der Waals surface area contributed by atoms with Crippen LogP contribution >= 0.6 is 11.6 Å². The van der Waals surface area contributed by atoms with Crippen molar-refractivity contribution in [3.8, 4) is 0 Å². The Morgan fingerprint density at radius 3 is 2.65 bits per heavy atom. The van der Waals surface area contributed by atoms with Gasteiger partial charge in [-0.1, -0.05) is 32.4 Å². The molecule has 0 aliphatic heterocycles. The van der Waals surface area contributed by atoms with Crippen molar-refractivity contribution in [1.82, 2.24) is 10.3 Å². The highest BCUT2D eigenvalue weighted by Gasteiger charge is 2.13. The molecule has 0 aromatic carbocycles. The van der Waals surface area contributed by atoms with E-state index < -0.39 is 0 Å². The lowest BCUT2D eigenvalue weighted by Crippen LogP contribution is -2.33. The van der Waals surface area contributed by atoms with Crippen LogP contribution < -0.4 is 10.6 Å². The molecule has 20 heavy (non-hydrogen) atoms. The monoisotopic (exact) mass is 297 g/mol. The third kappa shape index (κ3) is 5.37. The molecule has 0 fully saturated rings. The molecule has 5 heteroatoms. The number of rotatable bonds is 7. The van der Waals surface area contributed by atoms with Gasteiger partial charge >= 0.3 is 0 Å². The smallest absolute Gasteiger partial charge is 0.253 e. The highest BCUT2D eigenvalue weighted by Crippen LogP contribution is 2.20. The van der Waals surface area contributed by atoms with Gasteiger partial charge in [0.2, 0.25) is 0 Å². The predicted octanol–water partition coefficient (Wildman–Crippen LogP) is 3.72. The molecule has 4 nitrogen and oxygen atoms in total. The summed E-state index contributed by atoms with van der Waals surface area (Å²) in [5.74, 6) is 1.04. The summed E-state index contributed by atoms with van der Waals surface area (Å²) in [6.45, 7) is 9.15. The molecule has 112 valence electrons. The summed E-state index contributed by atoms with van der Waals surface area (Å²) < 4.78 is 0. The van der Waals surface area contributed by atoms with Gasteiger partial charge in [0, 0.05) is 18.8 Å². The number of amides is 1. The van der Waals surface area contributed by atoms with Crippen LogP contribution in [0.2, 0.25) is 5.02 Å². The number of anilines is 1. The van der Waals surface area contributed by atoms with Gasteiger partial charge < -0.3 is 10.6 Å². The molecule has 0 saturated carbocycles. The number of nitrogens with zero attached hydrogens (tertiary/aromatic N) is 1. The summed E-state index contributed by atoms with van der Waals surface area (Å²) >= 11 is 6.13. The van der Waals surface area contributed by atoms with Crippen LogP contribution in [0, 0.1) is 5.92 Å². The molecule has 1 heterocycles. The van der Waals surface area contributed by atoms with E-state index in [4.69, 9.17) is 11.6 Å². The first kappa shape index (κ1) is 16.8. The third-order valence-electron chi connectivity index (χ3n) is 2.85. The van der Waals surface area contributed by atoms with Gasteiger partial charge in [0.25, 0.3) is 5.91 Å². The number of carbonyl (C=O) groups is 1. The first-order valence-electron chi connectivity index (χ1n) is 7.14. The molecule has 1 aromatic heterocycles. The number of aromatic nitrogens is 1. The highest BCUT2D eigenvalue weighted by molar-refractivity contribution is 6.33. The normalized spacial score (nSPS) is 12.3. The Bertz CT molecular complexity index is 449. The van der Waals surface area contributed by atoms with Crippen LogP contribution in [0.5, 0.6) is 0 Å². The zero-order valence-electron chi connectivity index (χ0n) is 12.7. The molecule has 1 amide bonds. The van der Waals surface area contributed by atoms with Crippen LogP contribution in [-0.4, -0.2) is 23.5 Å². The lowest BCUT2D eigenvalue weighted by atomic mass is 10.1. The maximum absolute atomic E-state index is 12.1. The van der Waals surface area contributed by atoms with Crippen LogP contribution in [0.4, 0.5) is 5.82 Å². The molecular weight excluding hydrogens is 274 g/mol. The standard InChI is InChI=1S/C15H24ClN3O/c1-5-6-17-14-13(16)8-12(9-18-14)15(20)19-11(4)7-10(2)3/h8-11H,5-7H2,1-4H3,(H,17,18)(H,19,20). The van der Waals surface area contributed by atoms with E-state index in [1.54, 1.807) is 12.3 Å². The maximum atomic E-state index is 12.1. The SMILES string of the molecule is CCCNc1ncc(C(=O)NC(C)CC(C)C)cc1Cl. The first-order chi connectivity index (χ1) is 9.43. The van der Waals surface area contributed by atoms with E-state index >= 15 is 0 Å². The minimum atomic E-state index is -0.130. The average molecular weight is 298 g/mol. The second-order valence-corrected chi connectivity index (χ2v) is 5.89. The van der Waals surface area contributed by atoms with Crippen molar-refractivity contribution in [2.75, 3.05) is 11.9 Å². The molecule has 0 aliphatic rings. The van der Waals surface area contributed by atoms with E-state index in [1.165, 1.54) is 0 Å². The summed E-state index contributed by atoms with van der Waals surface area (Å²) in [5.41, 5.74) is 0.493. The molecule has 1 aromatic rings. The number of halogens is 1. The molecular formula is C15H24ClN3O. The van der Waals surface area contributed by atoms with Gasteiger partial charge in [0.15, 0.2) is 0 Å².